The maximum absolute atomic E-state index is 13.5. The number of carbonyl (C=O) groups is 1. The third-order valence-electron chi connectivity index (χ3n) is 4.73. The van der Waals surface area contributed by atoms with Crippen LogP contribution in [-0.4, -0.2) is 48.3 Å². The van der Waals surface area contributed by atoms with Crippen molar-refractivity contribution in [2.75, 3.05) is 30.2 Å². The number of urea groups is 1. The number of para-hydroxylation sites is 1. The normalized spacial score (nSPS) is 12.1. The number of hydrogen-bond acceptors (Lipinski definition) is 6. The quantitative estimate of drug-likeness (QED) is 0.209. The Kier molecular flexibility index (Phi) is 9.85. The zero-order valence-electron chi connectivity index (χ0n) is 20.5. The summed E-state index contributed by atoms with van der Waals surface area (Å²) >= 11 is 0. The van der Waals surface area contributed by atoms with Crippen LogP contribution in [0, 0.1) is 0 Å². The van der Waals surface area contributed by atoms with Gasteiger partial charge < -0.3 is 19.5 Å². The van der Waals surface area contributed by atoms with Gasteiger partial charge >= 0.3 is 24.6 Å². The summed E-state index contributed by atoms with van der Waals surface area (Å²) in [5, 5.41) is 1.98. The van der Waals surface area contributed by atoms with Crippen LogP contribution in [0.25, 0.3) is 0 Å². The smallest absolute Gasteiger partial charge is 0.422 e. The van der Waals surface area contributed by atoms with Gasteiger partial charge in [0, 0.05) is 0 Å². The molecule has 0 saturated carbocycles. The highest BCUT2D eigenvalue weighted by molar-refractivity contribution is 6.01. The van der Waals surface area contributed by atoms with E-state index >= 15 is 0 Å². The zero-order chi connectivity index (χ0) is 30.3. The maximum atomic E-state index is 13.5. The van der Waals surface area contributed by atoms with E-state index in [0.717, 1.165) is 12.1 Å². The summed E-state index contributed by atoms with van der Waals surface area (Å²) in [6.45, 7) is -4.81. The lowest BCUT2D eigenvalue weighted by atomic mass is 10.1. The second-order valence-corrected chi connectivity index (χ2v) is 8.02. The van der Waals surface area contributed by atoms with E-state index < -0.39 is 73.5 Å². The van der Waals surface area contributed by atoms with Crippen molar-refractivity contribution in [2.24, 2.45) is 0 Å². The molecule has 1 N–H and O–H groups in total. The van der Waals surface area contributed by atoms with E-state index in [0.29, 0.717) is 22.6 Å². The van der Waals surface area contributed by atoms with E-state index in [1.807, 2.05) is 5.32 Å². The molecule has 2 aromatic carbocycles. The molecule has 0 aliphatic carbocycles. The Bertz CT molecular complexity index is 1270. The molecule has 1 aromatic heterocycles. The first-order chi connectivity index (χ1) is 19.1. The van der Waals surface area contributed by atoms with Gasteiger partial charge in [0.1, 0.15) is 6.73 Å². The number of halogens is 9. The van der Waals surface area contributed by atoms with Crippen molar-refractivity contribution in [3.05, 3.63) is 71.8 Å². The van der Waals surface area contributed by atoms with Crippen LogP contribution in [0.5, 0.6) is 11.8 Å². The van der Waals surface area contributed by atoms with Crippen LogP contribution in [0.2, 0.25) is 0 Å². The molecule has 41 heavy (non-hydrogen) atoms. The number of nitrogens with zero attached hydrogens (tertiary/aromatic N) is 3. The van der Waals surface area contributed by atoms with Crippen LogP contribution in [0.1, 0.15) is 11.1 Å². The molecule has 222 valence electrons. The number of ether oxygens (including phenoxy) is 3. The topological polar surface area (TPSA) is 85.8 Å². The van der Waals surface area contributed by atoms with E-state index in [2.05, 4.69) is 19.4 Å². The fraction of sp³-hybridized carbons (Fsp3) is 0.292. The molecule has 0 bridgehead atoms. The Labute approximate surface area is 225 Å². The molecule has 3 rings (SSSR count). The van der Waals surface area contributed by atoms with Gasteiger partial charge in [-0.15, -0.1) is 0 Å². The number of alkyl halides is 9. The predicted molar refractivity (Wildman–Crippen MR) is 124 cm³/mol. The van der Waals surface area contributed by atoms with Crippen LogP contribution < -0.4 is 19.7 Å². The Morgan fingerprint density at radius 1 is 0.780 bits per heavy atom. The number of benzene rings is 2. The fourth-order valence-electron chi connectivity index (χ4n) is 3.03. The van der Waals surface area contributed by atoms with Gasteiger partial charge in [-0.2, -0.15) is 49.5 Å². The number of carbonyl (C=O) groups excluding carboxylic acids is 1. The standard InChI is InChI=1S/C24H19F9N4O4/c25-22(26,27)12-40-18-10-19(41-13-23(28,29)30)36-20(35-18)37(14-39-11-15-6-2-1-3-7-15)21(38)34-17-9-5-4-8-16(17)24(31,32)33/h1-10H,11-14H2,(H,34,38). The monoisotopic (exact) mass is 598 g/mol. The van der Waals surface area contributed by atoms with E-state index in [9.17, 15) is 44.3 Å². The molecule has 0 spiro atoms. The Morgan fingerprint density at radius 2 is 1.32 bits per heavy atom. The van der Waals surface area contributed by atoms with E-state index in [1.54, 1.807) is 30.3 Å². The number of anilines is 2. The van der Waals surface area contributed by atoms with Crippen LogP contribution >= 0.6 is 0 Å². The van der Waals surface area contributed by atoms with Gasteiger partial charge in [0.2, 0.25) is 17.7 Å². The van der Waals surface area contributed by atoms with Gasteiger partial charge in [0.25, 0.3) is 0 Å². The molecule has 0 aliphatic rings. The highest BCUT2D eigenvalue weighted by atomic mass is 19.4. The number of nitrogens with one attached hydrogen (secondary N) is 1. The third-order valence-corrected chi connectivity index (χ3v) is 4.73. The summed E-state index contributed by atoms with van der Waals surface area (Å²) in [5.41, 5.74) is -1.36. The Hall–Kier alpha value is -4.28. The summed E-state index contributed by atoms with van der Waals surface area (Å²) in [7, 11) is 0. The molecule has 3 aromatic rings. The van der Waals surface area contributed by atoms with Crippen molar-refractivity contribution >= 4 is 17.7 Å². The minimum absolute atomic E-state index is 0.161. The van der Waals surface area contributed by atoms with Crippen LogP contribution in [0.15, 0.2) is 60.7 Å². The molecule has 0 aliphatic heterocycles. The van der Waals surface area contributed by atoms with Crippen molar-refractivity contribution in [1.29, 1.82) is 0 Å². The molecule has 0 atom stereocenters. The highest BCUT2D eigenvalue weighted by Crippen LogP contribution is 2.35. The highest BCUT2D eigenvalue weighted by Gasteiger charge is 2.35. The molecule has 8 nitrogen and oxygen atoms in total. The van der Waals surface area contributed by atoms with Crippen molar-refractivity contribution in [3.8, 4) is 11.8 Å². The molecule has 1 heterocycles. The fourth-order valence-corrected chi connectivity index (χ4v) is 3.03. The van der Waals surface area contributed by atoms with Gasteiger partial charge in [-0.3, -0.25) is 0 Å². The molecule has 2 amide bonds. The lowest BCUT2D eigenvalue weighted by Crippen LogP contribution is -2.38. The predicted octanol–water partition coefficient (Wildman–Crippen LogP) is 6.59. The molecule has 0 radical (unpaired) electrons. The molecule has 0 unspecified atom stereocenters. The average Bonchev–Trinajstić information content (AvgIpc) is 2.88. The van der Waals surface area contributed by atoms with Crippen molar-refractivity contribution in [3.63, 3.8) is 0 Å². The first kappa shape index (κ1) is 31.3. The van der Waals surface area contributed by atoms with Gasteiger partial charge in [-0.05, 0) is 17.7 Å². The third kappa shape index (κ3) is 10.3. The minimum Gasteiger partial charge on any atom is -0.468 e. The minimum atomic E-state index is -4.89. The molecular weight excluding hydrogens is 579 g/mol. The maximum Gasteiger partial charge on any atom is 0.422 e. The average molecular weight is 598 g/mol. The number of rotatable bonds is 10. The Morgan fingerprint density at radius 3 is 1.85 bits per heavy atom. The number of hydrogen-bond donors (Lipinski definition) is 1. The summed E-state index contributed by atoms with van der Waals surface area (Å²) in [4.78, 5) is 20.8. The molecular formula is C24H19F9N4O4. The van der Waals surface area contributed by atoms with Crippen LogP contribution in [-0.2, 0) is 17.5 Å². The van der Waals surface area contributed by atoms with E-state index in [4.69, 9.17) is 4.74 Å². The first-order valence-corrected chi connectivity index (χ1v) is 11.3. The van der Waals surface area contributed by atoms with Crippen molar-refractivity contribution in [1.82, 2.24) is 9.97 Å². The lowest BCUT2D eigenvalue weighted by Gasteiger charge is -2.23. The second-order valence-electron chi connectivity index (χ2n) is 8.02. The zero-order valence-corrected chi connectivity index (χ0v) is 20.5. The van der Waals surface area contributed by atoms with Crippen LogP contribution in [0.4, 0.5) is 55.9 Å². The van der Waals surface area contributed by atoms with Crippen LogP contribution in [0.3, 0.4) is 0 Å². The summed E-state index contributed by atoms with van der Waals surface area (Å²) in [5.74, 6) is -2.78. The second kappa shape index (κ2) is 12.9. The largest absolute Gasteiger partial charge is 0.468 e. The van der Waals surface area contributed by atoms with Gasteiger partial charge in [0.15, 0.2) is 13.2 Å². The van der Waals surface area contributed by atoms with Gasteiger partial charge in [-0.1, -0.05) is 42.5 Å². The van der Waals surface area contributed by atoms with Crippen molar-refractivity contribution < 1.29 is 58.5 Å². The first-order valence-electron chi connectivity index (χ1n) is 11.3. The molecule has 0 fully saturated rings. The number of amides is 2. The van der Waals surface area contributed by atoms with E-state index in [1.165, 1.54) is 6.07 Å². The SMILES string of the molecule is O=C(Nc1ccccc1C(F)(F)F)N(COCc1ccccc1)c1nc(OCC(F)(F)F)cc(OCC(F)(F)F)n1. The summed E-state index contributed by atoms with van der Waals surface area (Å²) in [6.07, 6.45) is -14.6. The number of aromatic nitrogens is 2. The molecule has 0 saturated heterocycles. The van der Waals surface area contributed by atoms with Crippen molar-refractivity contribution in [2.45, 2.75) is 25.1 Å². The van der Waals surface area contributed by atoms with Gasteiger partial charge in [-0.25, -0.2) is 9.69 Å². The summed E-state index contributed by atoms with van der Waals surface area (Å²) < 4.78 is 131. The lowest BCUT2D eigenvalue weighted by molar-refractivity contribution is -0.154. The summed E-state index contributed by atoms with van der Waals surface area (Å²) in [6, 6.07) is 11.3. The van der Waals surface area contributed by atoms with E-state index in [-0.39, 0.29) is 6.61 Å². The Balaban J connectivity index is 1.97. The molecule has 17 heteroatoms. The van der Waals surface area contributed by atoms with Gasteiger partial charge in [0.05, 0.1) is 23.9 Å².